The van der Waals surface area contributed by atoms with E-state index in [1.54, 1.807) is 25.3 Å². The third-order valence-electron chi connectivity index (χ3n) is 5.94. The Hall–Kier alpha value is -2.83. The maximum absolute atomic E-state index is 12.7. The van der Waals surface area contributed by atoms with Crippen LogP contribution in [0.4, 0.5) is 5.69 Å². The third-order valence-corrected chi connectivity index (χ3v) is 5.94. The third kappa shape index (κ3) is 4.60. The van der Waals surface area contributed by atoms with Gasteiger partial charge in [-0.3, -0.25) is 4.79 Å². The number of para-hydroxylation sites is 2. The number of furan rings is 1. The maximum atomic E-state index is 12.7. The Morgan fingerprint density at radius 3 is 2.65 bits per heavy atom. The van der Waals surface area contributed by atoms with Crippen LogP contribution in [0.1, 0.15) is 42.8 Å². The van der Waals surface area contributed by atoms with Crippen LogP contribution in [-0.2, 0) is 5.60 Å². The predicted molar refractivity (Wildman–Crippen MR) is 122 cm³/mol. The zero-order valence-electron chi connectivity index (χ0n) is 18.4. The first-order valence-electron chi connectivity index (χ1n) is 10.8. The van der Waals surface area contributed by atoms with Crippen LogP contribution >= 0.6 is 0 Å². The van der Waals surface area contributed by atoms with Crippen molar-refractivity contribution in [2.24, 2.45) is 5.92 Å². The lowest BCUT2D eigenvalue weighted by atomic mass is 9.84. The molecule has 2 heterocycles. The number of anilines is 1. The summed E-state index contributed by atoms with van der Waals surface area (Å²) in [6, 6.07) is 14.6. The molecule has 31 heavy (non-hydrogen) atoms. The van der Waals surface area contributed by atoms with Crippen molar-refractivity contribution in [3.8, 4) is 5.75 Å². The highest BCUT2D eigenvalue weighted by Crippen LogP contribution is 2.35. The average molecular weight is 423 g/mol. The molecule has 0 bridgehead atoms. The molecule has 4 rings (SSSR count). The van der Waals surface area contributed by atoms with Crippen LogP contribution in [0.3, 0.4) is 0 Å². The number of carbonyl (C=O) groups is 1. The van der Waals surface area contributed by atoms with Gasteiger partial charge in [0, 0.05) is 25.0 Å². The number of rotatable bonds is 6. The van der Waals surface area contributed by atoms with E-state index in [2.05, 4.69) is 24.1 Å². The number of benzene rings is 2. The predicted octanol–water partition coefficient (Wildman–Crippen LogP) is 4.63. The quantitative estimate of drug-likeness (QED) is 0.606. The SMILES string of the molecule is COc1ccccc1NC(=O)c1cc2cc(C3(O)CCN(CC(C)C)CC3)ccc2o1. The van der Waals surface area contributed by atoms with Gasteiger partial charge in [0.15, 0.2) is 5.76 Å². The first kappa shape index (κ1) is 21.4. The number of aliphatic hydroxyl groups is 1. The largest absolute Gasteiger partial charge is 0.495 e. The van der Waals surface area contributed by atoms with Crippen molar-refractivity contribution in [1.82, 2.24) is 4.90 Å². The normalized spacial score (nSPS) is 16.5. The minimum Gasteiger partial charge on any atom is -0.495 e. The van der Waals surface area contributed by atoms with Crippen LogP contribution in [0.5, 0.6) is 5.75 Å². The van der Waals surface area contributed by atoms with Gasteiger partial charge in [-0.2, -0.15) is 0 Å². The molecule has 3 aromatic rings. The Bertz CT molecular complexity index is 1060. The molecule has 0 radical (unpaired) electrons. The molecule has 1 aliphatic rings. The first-order chi connectivity index (χ1) is 14.9. The van der Waals surface area contributed by atoms with Gasteiger partial charge in [0.1, 0.15) is 11.3 Å². The lowest BCUT2D eigenvalue weighted by Crippen LogP contribution is -2.43. The summed E-state index contributed by atoms with van der Waals surface area (Å²) in [6.07, 6.45) is 1.40. The molecule has 6 nitrogen and oxygen atoms in total. The maximum Gasteiger partial charge on any atom is 0.291 e. The number of hydrogen-bond acceptors (Lipinski definition) is 5. The highest BCUT2D eigenvalue weighted by atomic mass is 16.5. The summed E-state index contributed by atoms with van der Waals surface area (Å²) < 4.78 is 11.1. The Morgan fingerprint density at radius 1 is 1.19 bits per heavy atom. The molecule has 0 aliphatic carbocycles. The number of likely N-dealkylation sites (tertiary alicyclic amines) is 1. The van der Waals surface area contributed by atoms with E-state index in [9.17, 15) is 9.90 Å². The van der Waals surface area contributed by atoms with Crippen LogP contribution in [0.2, 0.25) is 0 Å². The highest BCUT2D eigenvalue weighted by molar-refractivity contribution is 6.05. The van der Waals surface area contributed by atoms with Gasteiger partial charge in [-0.1, -0.05) is 32.0 Å². The van der Waals surface area contributed by atoms with Gasteiger partial charge in [-0.25, -0.2) is 0 Å². The molecule has 1 saturated heterocycles. The van der Waals surface area contributed by atoms with E-state index < -0.39 is 5.60 Å². The van der Waals surface area contributed by atoms with E-state index in [1.807, 2.05) is 30.3 Å². The van der Waals surface area contributed by atoms with Crippen LogP contribution in [0.25, 0.3) is 11.0 Å². The fourth-order valence-electron chi connectivity index (χ4n) is 4.29. The summed E-state index contributed by atoms with van der Waals surface area (Å²) in [5.74, 6) is 1.08. The molecule has 0 atom stereocenters. The Morgan fingerprint density at radius 2 is 1.94 bits per heavy atom. The number of nitrogens with zero attached hydrogens (tertiary/aromatic N) is 1. The van der Waals surface area contributed by atoms with E-state index in [0.717, 1.165) is 30.6 Å². The van der Waals surface area contributed by atoms with Crippen LogP contribution in [0.15, 0.2) is 52.9 Å². The molecule has 2 aromatic carbocycles. The number of methoxy groups -OCH3 is 1. The Labute approximate surface area is 182 Å². The zero-order chi connectivity index (χ0) is 22.0. The number of ether oxygens (including phenoxy) is 1. The van der Waals surface area contributed by atoms with Gasteiger partial charge in [0.25, 0.3) is 5.91 Å². The number of fused-ring (bicyclic) bond motifs is 1. The molecule has 2 N–H and O–H groups in total. The summed E-state index contributed by atoms with van der Waals surface area (Å²) in [4.78, 5) is 15.1. The molecule has 1 aromatic heterocycles. The van der Waals surface area contributed by atoms with Crippen LogP contribution in [-0.4, -0.2) is 42.7 Å². The van der Waals surface area contributed by atoms with Gasteiger partial charge in [-0.05, 0) is 54.7 Å². The van der Waals surface area contributed by atoms with Crippen molar-refractivity contribution in [1.29, 1.82) is 0 Å². The molecule has 6 heteroatoms. The minimum atomic E-state index is -0.848. The van der Waals surface area contributed by atoms with Crippen molar-refractivity contribution < 1.29 is 19.1 Å². The van der Waals surface area contributed by atoms with Gasteiger partial charge in [0.2, 0.25) is 0 Å². The molecule has 1 aliphatic heterocycles. The summed E-state index contributed by atoms with van der Waals surface area (Å²) in [6.45, 7) is 7.25. The fourth-order valence-corrected chi connectivity index (χ4v) is 4.29. The number of piperidine rings is 1. The first-order valence-corrected chi connectivity index (χ1v) is 10.8. The second-order valence-corrected chi connectivity index (χ2v) is 8.74. The molecular weight excluding hydrogens is 392 g/mol. The smallest absolute Gasteiger partial charge is 0.291 e. The Kier molecular flexibility index (Phi) is 6.03. The van der Waals surface area contributed by atoms with Crippen molar-refractivity contribution >= 4 is 22.6 Å². The zero-order valence-corrected chi connectivity index (χ0v) is 18.4. The lowest BCUT2D eigenvalue weighted by Gasteiger charge is -2.39. The summed E-state index contributed by atoms with van der Waals surface area (Å²) in [5, 5.41) is 14.9. The van der Waals surface area contributed by atoms with E-state index >= 15 is 0 Å². The van der Waals surface area contributed by atoms with Crippen molar-refractivity contribution in [2.45, 2.75) is 32.3 Å². The van der Waals surface area contributed by atoms with E-state index in [1.165, 1.54) is 0 Å². The molecule has 0 saturated carbocycles. The topological polar surface area (TPSA) is 74.9 Å². The summed E-state index contributed by atoms with van der Waals surface area (Å²) in [5.41, 5.74) is 1.23. The number of hydrogen-bond donors (Lipinski definition) is 2. The molecule has 1 fully saturated rings. The van der Waals surface area contributed by atoms with Gasteiger partial charge >= 0.3 is 0 Å². The molecule has 0 unspecified atom stereocenters. The number of amides is 1. The molecule has 1 amide bonds. The van der Waals surface area contributed by atoms with Gasteiger partial charge in [0.05, 0.1) is 18.4 Å². The van der Waals surface area contributed by atoms with Crippen molar-refractivity contribution in [2.75, 3.05) is 32.1 Å². The molecule has 0 spiro atoms. The molecule has 164 valence electrons. The molecular formula is C25H30N2O4. The second-order valence-electron chi connectivity index (χ2n) is 8.74. The van der Waals surface area contributed by atoms with Gasteiger partial charge < -0.3 is 24.5 Å². The van der Waals surface area contributed by atoms with E-state index in [0.29, 0.717) is 35.8 Å². The van der Waals surface area contributed by atoms with E-state index in [4.69, 9.17) is 9.15 Å². The standard InChI is InChI=1S/C25H30N2O4/c1-17(2)16-27-12-10-25(29,11-13-27)19-8-9-21-18(14-19)15-23(31-21)24(28)26-20-6-4-5-7-22(20)30-3/h4-9,14-15,17,29H,10-13,16H2,1-3H3,(H,26,28). The van der Waals surface area contributed by atoms with Crippen molar-refractivity contribution in [3.63, 3.8) is 0 Å². The number of nitrogens with one attached hydrogen (secondary N) is 1. The van der Waals surface area contributed by atoms with Crippen LogP contribution < -0.4 is 10.1 Å². The monoisotopic (exact) mass is 422 g/mol. The second kappa shape index (κ2) is 8.73. The fraction of sp³-hybridized carbons (Fsp3) is 0.400. The van der Waals surface area contributed by atoms with Crippen LogP contribution in [0, 0.1) is 5.92 Å². The van der Waals surface area contributed by atoms with Crippen molar-refractivity contribution in [3.05, 3.63) is 59.9 Å². The number of carbonyl (C=O) groups excluding carboxylic acids is 1. The summed E-state index contributed by atoms with van der Waals surface area (Å²) >= 11 is 0. The average Bonchev–Trinajstić information content (AvgIpc) is 3.19. The summed E-state index contributed by atoms with van der Waals surface area (Å²) in [7, 11) is 1.56. The Balaban J connectivity index is 1.51. The van der Waals surface area contributed by atoms with E-state index in [-0.39, 0.29) is 11.7 Å². The highest BCUT2D eigenvalue weighted by Gasteiger charge is 2.34. The van der Waals surface area contributed by atoms with Gasteiger partial charge in [-0.15, -0.1) is 0 Å². The minimum absolute atomic E-state index is 0.219. The lowest BCUT2D eigenvalue weighted by molar-refractivity contribution is -0.0278.